The summed E-state index contributed by atoms with van der Waals surface area (Å²) in [6.07, 6.45) is 3.74. The largest absolute Gasteiger partial charge is 0.478 e. The lowest BCUT2D eigenvalue weighted by Crippen LogP contribution is -2.37. The number of carbonyl (C=O) groups is 2. The average molecular weight is 324 g/mol. The van der Waals surface area contributed by atoms with Gasteiger partial charge in [-0.25, -0.2) is 4.79 Å². The molecule has 0 bridgehead atoms. The number of thioether (sulfide) groups is 1. The predicted molar refractivity (Wildman–Crippen MR) is 82.5 cm³/mol. The fourth-order valence-corrected chi connectivity index (χ4v) is 3.33. The highest BCUT2D eigenvalue weighted by atomic mass is 32.2. The first kappa shape index (κ1) is 16.3. The minimum Gasteiger partial charge on any atom is -0.478 e. The highest BCUT2D eigenvalue weighted by Crippen LogP contribution is 2.25. The number of non-ortho nitro benzene ring substituents is 1. The highest BCUT2D eigenvalue weighted by Gasteiger charge is 2.30. The maximum atomic E-state index is 12.6. The molecule has 1 aromatic carbocycles. The summed E-state index contributed by atoms with van der Waals surface area (Å²) in [5.74, 6) is -0.838. The minimum atomic E-state index is -1.29. The molecule has 1 aliphatic heterocycles. The molecule has 22 heavy (non-hydrogen) atoms. The first-order valence-electron chi connectivity index (χ1n) is 6.76. The van der Waals surface area contributed by atoms with Gasteiger partial charge in [0.1, 0.15) is 0 Å². The Morgan fingerprint density at radius 3 is 2.68 bits per heavy atom. The number of hydrogen-bond donors (Lipinski definition) is 1. The van der Waals surface area contributed by atoms with Crippen LogP contribution in [-0.2, 0) is 0 Å². The second-order valence-electron chi connectivity index (χ2n) is 5.08. The van der Waals surface area contributed by atoms with E-state index in [1.54, 1.807) is 16.7 Å². The van der Waals surface area contributed by atoms with Crippen LogP contribution < -0.4 is 0 Å². The van der Waals surface area contributed by atoms with Gasteiger partial charge >= 0.3 is 5.97 Å². The van der Waals surface area contributed by atoms with Crippen LogP contribution in [0.3, 0.4) is 0 Å². The molecule has 1 saturated heterocycles. The van der Waals surface area contributed by atoms with Crippen molar-refractivity contribution in [3.05, 3.63) is 39.4 Å². The second kappa shape index (κ2) is 6.78. The zero-order valence-corrected chi connectivity index (χ0v) is 12.8. The summed E-state index contributed by atoms with van der Waals surface area (Å²) in [6.45, 7) is 0.592. The van der Waals surface area contributed by atoms with E-state index in [2.05, 4.69) is 0 Å². The van der Waals surface area contributed by atoms with Crippen LogP contribution in [0, 0.1) is 10.1 Å². The van der Waals surface area contributed by atoms with Crippen LogP contribution in [0.4, 0.5) is 5.69 Å². The van der Waals surface area contributed by atoms with Gasteiger partial charge in [0.05, 0.1) is 10.5 Å². The molecule has 0 aliphatic carbocycles. The van der Waals surface area contributed by atoms with Gasteiger partial charge in [0.2, 0.25) is 0 Å². The molecule has 1 aliphatic rings. The topological polar surface area (TPSA) is 101 Å². The first-order chi connectivity index (χ1) is 10.4. The van der Waals surface area contributed by atoms with E-state index < -0.39 is 10.9 Å². The first-order valence-corrected chi connectivity index (χ1v) is 8.16. The van der Waals surface area contributed by atoms with Crippen LogP contribution in [0.2, 0.25) is 0 Å². The smallest absolute Gasteiger partial charge is 0.335 e. The van der Waals surface area contributed by atoms with Crippen molar-refractivity contribution in [2.24, 2.45) is 0 Å². The monoisotopic (exact) mass is 324 g/mol. The Morgan fingerprint density at radius 1 is 1.41 bits per heavy atom. The number of nitro benzene ring substituents is 1. The van der Waals surface area contributed by atoms with E-state index >= 15 is 0 Å². The standard InChI is InChI=1S/C14H16N2O5S/c1-22-8-11-3-2-4-15(11)13(17)9-5-10(14(18)19)7-12(6-9)16(20)21/h5-7,11H,2-4,8H2,1H3,(H,18,19). The maximum absolute atomic E-state index is 12.6. The number of nitro groups is 1. The van der Waals surface area contributed by atoms with E-state index in [4.69, 9.17) is 5.11 Å². The van der Waals surface area contributed by atoms with Gasteiger partial charge in [0.25, 0.3) is 11.6 Å². The number of aromatic carboxylic acids is 1. The van der Waals surface area contributed by atoms with Crippen LogP contribution in [0.5, 0.6) is 0 Å². The number of nitrogens with zero attached hydrogens (tertiary/aromatic N) is 2. The molecule has 1 aromatic rings. The highest BCUT2D eigenvalue weighted by molar-refractivity contribution is 7.98. The quantitative estimate of drug-likeness (QED) is 0.658. The Balaban J connectivity index is 2.36. The zero-order valence-electron chi connectivity index (χ0n) is 12.0. The van der Waals surface area contributed by atoms with E-state index in [1.165, 1.54) is 6.07 Å². The molecule has 118 valence electrons. The summed E-state index contributed by atoms with van der Waals surface area (Å²) in [6, 6.07) is 3.40. The van der Waals surface area contributed by atoms with E-state index in [1.807, 2.05) is 6.26 Å². The Labute approximate surface area is 131 Å². The number of rotatable bonds is 5. The van der Waals surface area contributed by atoms with Crippen molar-refractivity contribution in [1.29, 1.82) is 0 Å². The molecule has 7 nitrogen and oxygen atoms in total. The lowest BCUT2D eigenvalue weighted by atomic mass is 10.1. The average Bonchev–Trinajstić information content (AvgIpc) is 2.94. The lowest BCUT2D eigenvalue weighted by molar-refractivity contribution is -0.384. The molecule has 0 saturated carbocycles. The van der Waals surface area contributed by atoms with Crippen molar-refractivity contribution in [2.75, 3.05) is 18.6 Å². The molecule has 0 radical (unpaired) electrons. The summed E-state index contributed by atoms with van der Waals surface area (Å²) in [4.78, 5) is 35.6. The van der Waals surface area contributed by atoms with Gasteiger partial charge in [0.15, 0.2) is 0 Å². The van der Waals surface area contributed by atoms with Crippen molar-refractivity contribution >= 4 is 29.3 Å². The van der Waals surface area contributed by atoms with Gasteiger partial charge in [-0.05, 0) is 25.2 Å². The summed E-state index contributed by atoms with van der Waals surface area (Å²) in [5, 5.41) is 20.0. The van der Waals surface area contributed by atoms with Gasteiger partial charge in [-0.3, -0.25) is 14.9 Å². The molecule has 1 heterocycles. The Bertz CT molecular complexity index is 587. The summed E-state index contributed by atoms with van der Waals surface area (Å²) in [7, 11) is 0. The molecule has 1 unspecified atom stereocenters. The van der Waals surface area contributed by atoms with E-state index in [0.29, 0.717) is 6.54 Å². The number of amides is 1. The maximum Gasteiger partial charge on any atom is 0.335 e. The van der Waals surface area contributed by atoms with Crippen molar-refractivity contribution in [1.82, 2.24) is 4.90 Å². The SMILES string of the molecule is CSCC1CCCN1C(=O)c1cc(C(=O)O)cc([N+](=O)[O-])c1. The minimum absolute atomic E-state index is 0.0552. The van der Waals surface area contributed by atoms with E-state index in [0.717, 1.165) is 30.7 Å². The molecular weight excluding hydrogens is 308 g/mol. The number of carboxylic acids is 1. The number of carbonyl (C=O) groups excluding carboxylic acids is 1. The van der Waals surface area contributed by atoms with Gasteiger partial charge in [-0.1, -0.05) is 0 Å². The van der Waals surface area contributed by atoms with Crippen molar-refractivity contribution in [3.8, 4) is 0 Å². The summed E-state index contributed by atoms with van der Waals surface area (Å²) >= 11 is 1.64. The third kappa shape index (κ3) is 3.38. The molecule has 0 spiro atoms. The number of carboxylic acid groups (broad SMARTS) is 1. The third-order valence-electron chi connectivity index (χ3n) is 3.62. The van der Waals surface area contributed by atoms with Crippen LogP contribution in [-0.4, -0.2) is 51.4 Å². The normalized spacial score (nSPS) is 17.5. The fourth-order valence-electron chi connectivity index (χ4n) is 2.60. The fraction of sp³-hybridized carbons (Fsp3) is 0.429. The molecule has 1 atom stereocenters. The van der Waals surface area contributed by atoms with E-state index in [9.17, 15) is 19.7 Å². The summed E-state index contributed by atoms with van der Waals surface area (Å²) in [5.41, 5.74) is -0.582. The third-order valence-corrected chi connectivity index (χ3v) is 4.34. The molecule has 0 aromatic heterocycles. The van der Waals surface area contributed by atoms with Gasteiger partial charge in [0, 0.05) is 36.0 Å². The lowest BCUT2D eigenvalue weighted by Gasteiger charge is -2.24. The van der Waals surface area contributed by atoms with Gasteiger partial charge in [-0.2, -0.15) is 11.8 Å². The van der Waals surface area contributed by atoms with Crippen molar-refractivity contribution in [2.45, 2.75) is 18.9 Å². The van der Waals surface area contributed by atoms with E-state index in [-0.39, 0.29) is 28.8 Å². The Kier molecular flexibility index (Phi) is 5.02. The molecule has 1 N–H and O–H groups in total. The Morgan fingerprint density at radius 2 is 2.09 bits per heavy atom. The Hall–Kier alpha value is -2.09. The van der Waals surface area contributed by atoms with Crippen molar-refractivity contribution < 1.29 is 19.6 Å². The molecule has 8 heteroatoms. The summed E-state index contributed by atoms with van der Waals surface area (Å²) < 4.78 is 0. The van der Waals surface area contributed by atoms with Crippen LogP contribution in [0.1, 0.15) is 33.6 Å². The second-order valence-corrected chi connectivity index (χ2v) is 5.99. The molecular formula is C14H16N2O5S. The number of benzene rings is 1. The number of hydrogen-bond acceptors (Lipinski definition) is 5. The molecule has 1 fully saturated rings. The number of likely N-dealkylation sites (tertiary alicyclic amines) is 1. The van der Waals surface area contributed by atoms with Crippen LogP contribution in [0.15, 0.2) is 18.2 Å². The predicted octanol–water partition coefficient (Wildman–Crippen LogP) is 2.26. The van der Waals surface area contributed by atoms with Gasteiger partial charge in [-0.15, -0.1) is 0 Å². The van der Waals surface area contributed by atoms with Gasteiger partial charge < -0.3 is 10.0 Å². The van der Waals surface area contributed by atoms with Crippen molar-refractivity contribution in [3.63, 3.8) is 0 Å². The zero-order chi connectivity index (χ0) is 16.3. The van der Waals surface area contributed by atoms with Crippen LogP contribution >= 0.6 is 11.8 Å². The van der Waals surface area contributed by atoms with Crippen LogP contribution in [0.25, 0.3) is 0 Å². The molecule has 1 amide bonds. The molecule has 2 rings (SSSR count).